The van der Waals surface area contributed by atoms with Crippen LogP contribution in [-0.4, -0.2) is 83.8 Å². The van der Waals surface area contributed by atoms with E-state index in [4.69, 9.17) is 27.9 Å². The molecule has 18 heteroatoms. The molecule has 7 rings (SSSR count). The predicted octanol–water partition coefficient (Wildman–Crippen LogP) is 4.84. The molecule has 0 aromatic carbocycles. The summed E-state index contributed by atoms with van der Waals surface area (Å²) in [5, 5.41) is 0. The molecule has 58 heavy (non-hydrogen) atoms. The fourth-order valence-electron chi connectivity index (χ4n) is 6.14. The first-order chi connectivity index (χ1) is 26.7. The SMILES string of the molecule is CC1(C)OB(B2OC(C)(C)C(C)(C)O2)OC1(C)C.Cn1cc(B2OC(C)(C)C(C)(C)O2)cc(Cc2ccncn2)c1=O.Cn1cc(Br)cc(Cc2ccncn2)c1=O. The molecule has 3 saturated heterocycles. The highest BCUT2D eigenvalue weighted by molar-refractivity contribution is 9.10. The molecule has 4 aromatic rings. The zero-order valence-electron chi connectivity index (χ0n) is 36.2. The minimum Gasteiger partial charge on any atom is -0.405 e. The average molecular weight is 861 g/mol. The van der Waals surface area contributed by atoms with E-state index in [1.807, 2.05) is 95.2 Å². The number of aryl methyl sites for hydroxylation is 2. The standard InChI is InChI=1S/C17H22BN3O3.C12H24B2O4.C11H10BrN3O/c1-16(2)17(3,4)24-18(23-16)13-8-12(15(22)21(5)10-13)9-14-6-7-19-11-20-14;1-9(2)10(3,4)16-13(15-9)14-17-11(5,6)12(7,8)18-14;1-15-6-9(12)4-8(11(15)16)5-10-2-3-13-7-14-10/h6-8,10-11H,9H2,1-5H3;1-8H3;2-4,6-7H,5H2,1H3. The number of halogens is 1. The first-order valence-electron chi connectivity index (χ1n) is 19.4. The van der Waals surface area contributed by atoms with E-state index in [0.717, 1.165) is 26.9 Å². The van der Waals surface area contributed by atoms with Crippen LogP contribution in [0.5, 0.6) is 0 Å². The van der Waals surface area contributed by atoms with Gasteiger partial charge in [0.15, 0.2) is 0 Å². The number of hydrogen-bond acceptors (Lipinski definition) is 12. The van der Waals surface area contributed by atoms with Gasteiger partial charge in [-0.2, -0.15) is 0 Å². The van der Waals surface area contributed by atoms with Crippen LogP contribution in [-0.2, 0) is 54.9 Å². The van der Waals surface area contributed by atoms with Crippen LogP contribution < -0.4 is 16.6 Å². The lowest BCUT2D eigenvalue weighted by atomic mass is 9.49. The van der Waals surface area contributed by atoms with Crippen LogP contribution in [0.15, 0.2) is 75.8 Å². The normalized spacial score (nSPS) is 20.6. The second kappa shape index (κ2) is 16.9. The van der Waals surface area contributed by atoms with Crippen molar-refractivity contribution >= 4 is 42.5 Å². The van der Waals surface area contributed by atoms with Crippen molar-refractivity contribution in [3.63, 3.8) is 0 Å². The molecule has 0 unspecified atom stereocenters. The molecule has 7 heterocycles. The summed E-state index contributed by atoms with van der Waals surface area (Å²) in [6.07, 6.45) is 10.8. The first-order valence-corrected chi connectivity index (χ1v) is 20.1. The maximum atomic E-state index is 12.4. The van der Waals surface area contributed by atoms with Crippen LogP contribution >= 0.6 is 15.9 Å². The monoisotopic (exact) mass is 860 g/mol. The molecule has 0 atom stereocenters. The molecule has 3 aliphatic heterocycles. The van der Waals surface area contributed by atoms with Crippen LogP contribution in [0, 0.1) is 0 Å². The Kier molecular flexibility index (Phi) is 13.3. The highest BCUT2D eigenvalue weighted by atomic mass is 79.9. The Morgan fingerprint density at radius 3 is 1.31 bits per heavy atom. The van der Waals surface area contributed by atoms with E-state index >= 15 is 0 Å². The summed E-state index contributed by atoms with van der Waals surface area (Å²) in [6.45, 7) is 24.3. The highest BCUT2D eigenvalue weighted by Crippen LogP contribution is 2.43. The summed E-state index contributed by atoms with van der Waals surface area (Å²) in [5.74, 6) is 0. The van der Waals surface area contributed by atoms with E-state index in [1.54, 1.807) is 60.1 Å². The molecule has 0 radical (unpaired) electrons. The molecule has 0 N–H and O–H groups in total. The molecule has 3 aliphatic rings. The average Bonchev–Trinajstić information content (AvgIpc) is 3.59. The molecule has 0 spiro atoms. The van der Waals surface area contributed by atoms with Gasteiger partial charge in [0.25, 0.3) is 11.1 Å². The number of nitrogens with zero attached hydrogens (tertiary/aromatic N) is 6. The van der Waals surface area contributed by atoms with Crippen molar-refractivity contribution in [2.45, 2.75) is 130 Å². The van der Waals surface area contributed by atoms with Crippen LogP contribution in [0.2, 0.25) is 0 Å². The molecule has 4 aromatic heterocycles. The van der Waals surface area contributed by atoms with Crippen molar-refractivity contribution in [1.29, 1.82) is 0 Å². The Morgan fingerprint density at radius 2 is 0.931 bits per heavy atom. The summed E-state index contributed by atoms with van der Waals surface area (Å²) in [5.41, 5.74) is 1.52. The van der Waals surface area contributed by atoms with Crippen molar-refractivity contribution in [1.82, 2.24) is 29.1 Å². The third-order valence-electron chi connectivity index (χ3n) is 11.8. The molecule has 0 saturated carbocycles. The number of aromatic nitrogens is 6. The van der Waals surface area contributed by atoms with Gasteiger partial charge in [-0.25, -0.2) is 19.9 Å². The number of pyridine rings is 2. The Hall–Kier alpha value is -3.51. The van der Waals surface area contributed by atoms with Crippen molar-refractivity contribution in [3.05, 3.63) is 109 Å². The van der Waals surface area contributed by atoms with E-state index in [1.165, 1.54) is 12.7 Å². The smallest absolute Gasteiger partial charge is 0.405 e. The molecule has 14 nitrogen and oxygen atoms in total. The maximum absolute atomic E-state index is 12.4. The Morgan fingerprint density at radius 1 is 0.569 bits per heavy atom. The third-order valence-corrected chi connectivity index (χ3v) is 12.3. The van der Waals surface area contributed by atoms with Gasteiger partial charge in [0.05, 0.1) is 33.6 Å². The summed E-state index contributed by atoms with van der Waals surface area (Å²) in [6, 6.07) is 7.29. The van der Waals surface area contributed by atoms with Gasteiger partial charge in [0.1, 0.15) is 12.7 Å². The number of hydrogen-bond donors (Lipinski definition) is 0. The summed E-state index contributed by atoms with van der Waals surface area (Å²) in [7, 11) is 2.02. The molecule has 3 fully saturated rings. The van der Waals surface area contributed by atoms with Gasteiger partial charge in [-0.05, 0) is 123 Å². The quantitative estimate of drug-likeness (QED) is 0.244. The van der Waals surface area contributed by atoms with E-state index in [2.05, 4.69) is 35.9 Å². The first kappa shape index (κ1) is 45.6. The fraction of sp³-hybridized carbons (Fsp3) is 0.550. The van der Waals surface area contributed by atoms with Gasteiger partial charge in [-0.15, -0.1) is 0 Å². The summed E-state index contributed by atoms with van der Waals surface area (Å²) in [4.78, 5) is 40.3. The van der Waals surface area contributed by atoms with E-state index < -0.39 is 32.3 Å². The minimum atomic E-state index is -0.494. The minimum absolute atomic E-state index is 0.00168. The molecule has 0 aliphatic carbocycles. The Balaban J connectivity index is 0.000000170. The lowest BCUT2D eigenvalue weighted by molar-refractivity contribution is 0.00578. The molecule has 310 valence electrons. The second-order valence-corrected chi connectivity index (χ2v) is 18.8. The fourth-order valence-corrected chi connectivity index (χ4v) is 6.72. The summed E-state index contributed by atoms with van der Waals surface area (Å²) >= 11 is 3.37. The van der Waals surface area contributed by atoms with Gasteiger partial charge in [-0.3, -0.25) is 9.59 Å². The molecule has 0 bridgehead atoms. The molecular weight excluding hydrogens is 805 g/mol. The lowest BCUT2D eigenvalue weighted by Gasteiger charge is -2.32. The second-order valence-electron chi connectivity index (χ2n) is 17.9. The third kappa shape index (κ3) is 10.1. The van der Waals surface area contributed by atoms with Crippen molar-refractivity contribution in [3.8, 4) is 0 Å². The van der Waals surface area contributed by atoms with Crippen LogP contribution in [0.3, 0.4) is 0 Å². The van der Waals surface area contributed by atoms with Crippen molar-refractivity contribution < 1.29 is 27.9 Å². The van der Waals surface area contributed by atoms with Crippen molar-refractivity contribution in [2.75, 3.05) is 0 Å². The maximum Gasteiger partial charge on any atom is 0.496 e. The predicted molar refractivity (Wildman–Crippen MR) is 229 cm³/mol. The van der Waals surface area contributed by atoms with E-state index in [0.29, 0.717) is 18.4 Å². The zero-order valence-corrected chi connectivity index (χ0v) is 37.8. The molecular formula is C40H56B3BrN6O8. The largest absolute Gasteiger partial charge is 0.496 e. The zero-order chi connectivity index (χ0) is 43.1. The van der Waals surface area contributed by atoms with Gasteiger partial charge >= 0.3 is 21.1 Å². The summed E-state index contributed by atoms with van der Waals surface area (Å²) < 4.78 is 40.0. The Bertz CT molecular complexity index is 2100. The lowest BCUT2D eigenvalue weighted by Crippen LogP contribution is -2.41. The van der Waals surface area contributed by atoms with Crippen LogP contribution in [0.4, 0.5) is 0 Å². The topological polar surface area (TPSA) is 151 Å². The van der Waals surface area contributed by atoms with Crippen LogP contribution in [0.25, 0.3) is 0 Å². The number of rotatable bonds is 6. The van der Waals surface area contributed by atoms with Gasteiger partial charge in [0.2, 0.25) is 0 Å². The van der Waals surface area contributed by atoms with E-state index in [-0.39, 0.29) is 33.5 Å². The highest BCUT2D eigenvalue weighted by Gasteiger charge is 2.63. The van der Waals surface area contributed by atoms with Crippen molar-refractivity contribution in [2.24, 2.45) is 14.1 Å². The van der Waals surface area contributed by atoms with Crippen LogP contribution in [0.1, 0.15) is 106 Å². The van der Waals surface area contributed by atoms with Gasteiger partial charge in [-0.1, -0.05) is 6.07 Å². The molecule has 0 amide bonds. The Labute approximate surface area is 351 Å². The van der Waals surface area contributed by atoms with Gasteiger partial charge in [0, 0.05) is 78.7 Å². The van der Waals surface area contributed by atoms with E-state index in [9.17, 15) is 9.59 Å². The van der Waals surface area contributed by atoms with Gasteiger partial charge < -0.3 is 37.1 Å².